The Labute approximate surface area is 147 Å². The quantitative estimate of drug-likeness (QED) is 0.316. The highest BCUT2D eigenvalue weighted by Gasteiger charge is 2.19. The number of amides is 1. The van der Waals surface area contributed by atoms with E-state index in [9.17, 15) is 4.79 Å². The van der Waals surface area contributed by atoms with Crippen LogP contribution in [0.15, 0.2) is 52.1 Å². The van der Waals surface area contributed by atoms with Gasteiger partial charge in [0.05, 0.1) is 0 Å². The van der Waals surface area contributed by atoms with Crippen LogP contribution in [0.3, 0.4) is 0 Å². The monoisotopic (exact) mass is 331 g/mol. The topological polar surface area (TPSA) is 58.7 Å². The summed E-state index contributed by atoms with van der Waals surface area (Å²) in [5.41, 5.74) is 8.60. The highest BCUT2D eigenvalue weighted by molar-refractivity contribution is 6.11. The van der Waals surface area contributed by atoms with E-state index in [0.29, 0.717) is 31.0 Å². The molecule has 0 rings (SSSR count). The largest absolute Gasteiger partial charge is 0.329 e. The lowest BCUT2D eigenvalue weighted by molar-refractivity contribution is -0.123. The predicted molar refractivity (Wildman–Crippen MR) is 105 cm³/mol. The molecule has 0 aromatic heterocycles. The Morgan fingerprint density at radius 1 is 1.12 bits per heavy atom. The van der Waals surface area contributed by atoms with Gasteiger partial charge in [-0.25, -0.2) is 0 Å². The number of carbonyl (C=O) groups excluding carboxylic acids is 1. The van der Waals surface area contributed by atoms with Gasteiger partial charge in [-0.2, -0.15) is 0 Å². The number of nitrogens with zero attached hydrogens (tertiary/aromatic N) is 2. The molecule has 0 bridgehead atoms. The second-order valence-electron chi connectivity index (χ2n) is 5.43. The van der Waals surface area contributed by atoms with E-state index in [1.807, 2.05) is 65.0 Å². The zero-order valence-corrected chi connectivity index (χ0v) is 16.1. The molecule has 0 saturated heterocycles. The molecule has 0 spiro atoms. The van der Waals surface area contributed by atoms with Crippen LogP contribution >= 0.6 is 0 Å². The summed E-state index contributed by atoms with van der Waals surface area (Å²) in [5.74, 6) is 0.599. The van der Waals surface area contributed by atoms with Crippen molar-refractivity contribution >= 4 is 11.7 Å². The van der Waals surface area contributed by atoms with Crippen molar-refractivity contribution in [1.29, 1.82) is 0 Å². The zero-order valence-electron chi connectivity index (χ0n) is 16.1. The van der Waals surface area contributed by atoms with Crippen molar-refractivity contribution in [2.45, 2.75) is 48.0 Å². The normalized spacial score (nSPS) is 14.5. The Bertz CT molecular complexity index is 551. The predicted octanol–water partition coefficient (Wildman–Crippen LogP) is 4.02. The van der Waals surface area contributed by atoms with Gasteiger partial charge in [-0.05, 0) is 58.8 Å². The number of hydrogen-bond donors (Lipinski definition) is 1. The standard InChI is InChI=1S/C20H33N3O/c1-7-11-12-19(22-10-4)23(14-13-21)20(24)18(9-3)15-17(6)16(5)8-2/h8-9,11-12,15H,7,10,13-14,21H2,1-6H3/b12-11-,16-8-,17-15-,18-9+,22-19+. The lowest BCUT2D eigenvalue weighted by Crippen LogP contribution is -2.40. The van der Waals surface area contributed by atoms with Gasteiger partial charge in [-0.1, -0.05) is 30.7 Å². The molecule has 0 fully saturated rings. The van der Waals surface area contributed by atoms with Crippen LogP contribution in [0, 0.1) is 0 Å². The third-order valence-electron chi connectivity index (χ3n) is 3.68. The maximum Gasteiger partial charge on any atom is 0.259 e. The maximum atomic E-state index is 13.0. The molecule has 0 aliphatic carbocycles. The Morgan fingerprint density at radius 2 is 1.79 bits per heavy atom. The minimum atomic E-state index is -0.0702. The number of rotatable bonds is 8. The van der Waals surface area contributed by atoms with E-state index in [1.54, 1.807) is 4.90 Å². The number of aliphatic imine (C=N–C) groups is 1. The van der Waals surface area contributed by atoms with E-state index in [2.05, 4.69) is 11.9 Å². The molecule has 24 heavy (non-hydrogen) atoms. The molecule has 4 heteroatoms. The highest BCUT2D eigenvalue weighted by Crippen LogP contribution is 2.14. The molecular weight excluding hydrogens is 298 g/mol. The van der Waals surface area contributed by atoms with E-state index in [4.69, 9.17) is 5.73 Å². The summed E-state index contributed by atoms with van der Waals surface area (Å²) in [5, 5.41) is 0. The van der Waals surface area contributed by atoms with E-state index in [0.717, 1.165) is 17.6 Å². The third kappa shape index (κ3) is 7.09. The molecule has 4 nitrogen and oxygen atoms in total. The van der Waals surface area contributed by atoms with Gasteiger partial charge < -0.3 is 5.73 Å². The van der Waals surface area contributed by atoms with Crippen LogP contribution in [0.4, 0.5) is 0 Å². The maximum absolute atomic E-state index is 13.0. The molecule has 134 valence electrons. The Balaban J connectivity index is 5.76. The van der Waals surface area contributed by atoms with Crippen molar-refractivity contribution in [3.63, 3.8) is 0 Å². The Hall–Kier alpha value is -1.94. The van der Waals surface area contributed by atoms with Gasteiger partial charge in [0.2, 0.25) is 0 Å². The first-order chi connectivity index (χ1) is 11.5. The fourth-order valence-corrected chi connectivity index (χ4v) is 2.06. The van der Waals surface area contributed by atoms with Crippen LogP contribution < -0.4 is 5.73 Å². The summed E-state index contributed by atoms with van der Waals surface area (Å²) in [6.07, 6.45) is 10.6. The van der Waals surface area contributed by atoms with E-state index < -0.39 is 0 Å². The van der Waals surface area contributed by atoms with Crippen LogP contribution in [-0.2, 0) is 4.79 Å². The number of nitrogens with two attached hydrogens (primary N) is 1. The van der Waals surface area contributed by atoms with Gasteiger partial charge in [0, 0.05) is 25.2 Å². The van der Waals surface area contributed by atoms with Crippen molar-refractivity contribution < 1.29 is 4.79 Å². The smallest absolute Gasteiger partial charge is 0.259 e. The summed E-state index contributed by atoms with van der Waals surface area (Å²) in [4.78, 5) is 19.1. The van der Waals surface area contributed by atoms with E-state index in [-0.39, 0.29) is 5.91 Å². The summed E-state index contributed by atoms with van der Waals surface area (Å²) >= 11 is 0. The van der Waals surface area contributed by atoms with Crippen LogP contribution in [0.5, 0.6) is 0 Å². The molecule has 0 aliphatic heterocycles. The molecule has 0 unspecified atom stereocenters. The van der Waals surface area contributed by atoms with Gasteiger partial charge in [-0.3, -0.25) is 14.7 Å². The molecule has 0 aliphatic rings. The number of amidine groups is 1. The van der Waals surface area contributed by atoms with Crippen LogP contribution in [0.2, 0.25) is 0 Å². The Kier molecular flexibility index (Phi) is 11.5. The SMILES string of the molecule is C\C=C(C)/C(C)=C\C(=C/C)C(=O)N(CCN)C(/C=C\CC)=N/CC. The van der Waals surface area contributed by atoms with E-state index in [1.165, 1.54) is 0 Å². The van der Waals surface area contributed by atoms with E-state index >= 15 is 0 Å². The Morgan fingerprint density at radius 3 is 2.25 bits per heavy atom. The van der Waals surface area contributed by atoms with Gasteiger partial charge in [0.1, 0.15) is 5.84 Å². The molecular formula is C20H33N3O. The fourth-order valence-electron chi connectivity index (χ4n) is 2.06. The molecule has 0 heterocycles. The van der Waals surface area contributed by atoms with Crippen molar-refractivity contribution in [3.05, 3.63) is 47.1 Å². The first kappa shape index (κ1) is 22.1. The van der Waals surface area contributed by atoms with Gasteiger partial charge >= 0.3 is 0 Å². The zero-order chi connectivity index (χ0) is 18.5. The summed E-state index contributed by atoms with van der Waals surface area (Å²) in [6.45, 7) is 13.4. The molecule has 1 amide bonds. The van der Waals surface area contributed by atoms with Crippen LogP contribution in [0.1, 0.15) is 48.0 Å². The van der Waals surface area contributed by atoms with Crippen LogP contribution in [0.25, 0.3) is 0 Å². The van der Waals surface area contributed by atoms with Gasteiger partial charge in [-0.15, -0.1) is 0 Å². The second-order valence-corrected chi connectivity index (χ2v) is 5.43. The summed E-state index contributed by atoms with van der Waals surface area (Å²) < 4.78 is 0. The number of allylic oxidation sites excluding steroid dienone is 5. The minimum Gasteiger partial charge on any atom is -0.329 e. The molecule has 2 N–H and O–H groups in total. The summed E-state index contributed by atoms with van der Waals surface area (Å²) in [7, 11) is 0. The molecule has 0 saturated carbocycles. The highest BCUT2D eigenvalue weighted by atomic mass is 16.2. The average molecular weight is 332 g/mol. The van der Waals surface area contributed by atoms with Crippen molar-refractivity contribution in [2.75, 3.05) is 19.6 Å². The van der Waals surface area contributed by atoms with Crippen LogP contribution in [-0.4, -0.2) is 36.3 Å². The lowest BCUT2D eigenvalue weighted by Gasteiger charge is -2.23. The van der Waals surface area contributed by atoms with Crippen molar-refractivity contribution in [2.24, 2.45) is 10.7 Å². The van der Waals surface area contributed by atoms with Gasteiger partial charge in [0.25, 0.3) is 5.91 Å². The third-order valence-corrected chi connectivity index (χ3v) is 3.68. The van der Waals surface area contributed by atoms with Gasteiger partial charge in [0.15, 0.2) is 0 Å². The summed E-state index contributed by atoms with van der Waals surface area (Å²) in [6, 6.07) is 0. The van der Waals surface area contributed by atoms with Crippen molar-refractivity contribution in [1.82, 2.24) is 4.90 Å². The average Bonchev–Trinajstić information content (AvgIpc) is 2.59. The second kappa shape index (κ2) is 12.5. The molecule has 0 radical (unpaired) electrons. The molecule has 0 aromatic carbocycles. The molecule has 0 aromatic rings. The first-order valence-corrected chi connectivity index (χ1v) is 8.67. The first-order valence-electron chi connectivity index (χ1n) is 8.67. The molecule has 0 atom stereocenters. The lowest BCUT2D eigenvalue weighted by atomic mass is 10.0. The minimum absolute atomic E-state index is 0.0702. The number of carbonyl (C=O) groups is 1. The number of hydrogen-bond acceptors (Lipinski definition) is 3. The fraction of sp³-hybridized carbons (Fsp3) is 0.500. The van der Waals surface area contributed by atoms with Crippen molar-refractivity contribution in [3.8, 4) is 0 Å².